The molecule has 0 fully saturated rings. The molecule has 0 saturated heterocycles. The van der Waals surface area contributed by atoms with Gasteiger partial charge in [0.25, 0.3) is 0 Å². The lowest BCUT2D eigenvalue weighted by Crippen LogP contribution is -2.06. The molecule has 0 aliphatic heterocycles. The van der Waals surface area contributed by atoms with Gasteiger partial charge in [0.2, 0.25) is 11.9 Å². The first-order valence-corrected chi connectivity index (χ1v) is 7.10. The van der Waals surface area contributed by atoms with Gasteiger partial charge in [-0.2, -0.15) is 15.0 Å². The Bertz CT molecular complexity index is 565. The topological polar surface area (TPSA) is 90.7 Å². The first-order valence-electron chi connectivity index (χ1n) is 5.94. The van der Waals surface area contributed by atoms with Crippen LogP contribution in [0.2, 0.25) is 0 Å². The van der Waals surface area contributed by atoms with Crippen LogP contribution in [-0.2, 0) is 11.5 Å². The predicted octanol–water partition coefficient (Wildman–Crippen LogP) is 2.09. The van der Waals surface area contributed by atoms with E-state index in [0.29, 0.717) is 11.6 Å². The van der Waals surface area contributed by atoms with Crippen LogP contribution in [0.5, 0.6) is 0 Å². The third-order valence-corrected chi connectivity index (χ3v) is 3.69. The molecule has 0 aliphatic rings. The molecular weight excluding hydrogens is 258 g/mol. The fourth-order valence-corrected chi connectivity index (χ4v) is 2.67. The van der Waals surface area contributed by atoms with Crippen molar-refractivity contribution in [2.75, 3.05) is 11.5 Å². The molecule has 2 aromatic rings. The van der Waals surface area contributed by atoms with E-state index in [1.807, 2.05) is 0 Å². The zero-order valence-electron chi connectivity index (χ0n) is 11.1. The predicted molar refractivity (Wildman–Crippen MR) is 79.6 cm³/mol. The number of anilines is 2. The zero-order valence-corrected chi connectivity index (χ0v) is 11.9. The van der Waals surface area contributed by atoms with Gasteiger partial charge in [-0.25, -0.2) is 0 Å². The van der Waals surface area contributed by atoms with Crippen molar-refractivity contribution in [3.05, 3.63) is 40.7 Å². The molecule has 4 N–H and O–H groups in total. The number of benzene rings is 1. The van der Waals surface area contributed by atoms with Crippen molar-refractivity contribution in [1.29, 1.82) is 0 Å². The molecule has 0 radical (unpaired) electrons. The Labute approximate surface area is 116 Å². The lowest BCUT2D eigenvalue weighted by atomic mass is 10.1. The van der Waals surface area contributed by atoms with Crippen LogP contribution in [0.1, 0.15) is 22.5 Å². The Hall–Kier alpha value is -1.82. The van der Waals surface area contributed by atoms with E-state index in [-0.39, 0.29) is 11.9 Å². The van der Waals surface area contributed by atoms with Crippen LogP contribution in [0.3, 0.4) is 0 Å². The van der Waals surface area contributed by atoms with Gasteiger partial charge in [0.15, 0.2) is 0 Å². The summed E-state index contributed by atoms with van der Waals surface area (Å²) < 4.78 is 0. The van der Waals surface area contributed by atoms with Gasteiger partial charge in [-0.3, -0.25) is 0 Å². The molecule has 100 valence electrons. The lowest BCUT2D eigenvalue weighted by molar-refractivity contribution is 0.987. The van der Waals surface area contributed by atoms with Crippen LogP contribution >= 0.6 is 11.8 Å². The first kappa shape index (κ1) is 13.6. The van der Waals surface area contributed by atoms with E-state index in [1.165, 1.54) is 16.7 Å². The minimum absolute atomic E-state index is 0.176. The summed E-state index contributed by atoms with van der Waals surface area (Å²) in [5.41, 5.74) is 15.0. The highest BCUT2D eigenvalue weighted by atomic mass is 32.2. The molecule has 0 atom stereocenters. The van der Waals surface area contributed by atoms with Gasteiger partial charge in [0, 0.05) is 5.75 Å². The fraction of sp³-hybridized carbons (Fsp3) is 0.308. The molecule has 0 aliphatic carbocycles. The van der Waals surface area contributed by atoms with Crippen molar-refractivity contribution < 1.29 is 0 Å². The number of aryl methyl sites for hydroxylation is 2. The minimum Gasteiger partial charge on any atom is -0.368 e. The summed E-state index contributed by atoms with van der Waals surface area (Å²) in [5, 5.41) is 0. The SMILES string of the molecule is Cc1ccc(C)c(CSCc2nc(N)nc(N)n2)c1. The number of nitrogen functional groups attached to an aromatic ring is 2. The molecule has 19 heavy (non-hydrogen) atoms. The van der Waals surface area contributed by atoms with E-state index in [1.54, 1.807) is 11.8 Å². The molecule has 1 aromatic carbocycles. The van der Waals surface area contributed by atoms with Crippen LogP contribution in [0.25, 0.3) is 0 Å². The monoisotopic (exact) mass is 275 g/mol. The van der Waals surface area contributed by atoms with E-state index in [2.05, 4.69) is 47.0 Å². The number of rotatable bonds is 4. The van der Waals surface area contributed by atoms with Gasteiger partial charge in [-0.15, -0.1) is 11.8 Å². The van der Waals surface area contributed by atoms with Gasteiger partial charge in [0.1, 0.15) is 5.82 Å². The third kappa shape index (κ3) is 3.82. The van der Waals surface area contributed by atoms with Crippen LogP contribution in [0, 0.1) is 13.8 Å². The lowest BCUT2D eigenvalue weighted by Gasteiger charge is -2.07. The number of hydrogen-bond acceptors (Lipinski definition) is 6. The largest absolute Gasteiger partial charge is 0.368 e. The maximum absolute atomic E-state index is 5.53. The number of nitrogens with zero attached hydrogens (tertiary/aromatic N) is 3. The molecule has 5 nitrogen and oxygen atoms in total. The van der Waals surface area contributed by atoms with Crippen LogP contribution in [-0.4, -0.2) is 15.0 Å². The van der Waals surface area contributed by atoms with Crippen LogP contribution in [0.4, 0.5) is 11.9 Å². The average Bonchev–Trinajstić information content (AvgIpc) is 2.32. The highest BCUT2D eigenvalue weighted by molar-refractivity contribution is 7.97. The molecule has 1 aromatic heterocycles. The summed E-state index contributed by atoms with van der Waals surface area (Å²) in [6.45, 7) is 4.22. The van der Waals surface area contributed by atoms with Gasteiger partial charge in [0.05, 0.1) is 5.75 Å². The number of hydrogen-bond donors (Lipinski definition) is 2. The molecular formula is C13H17N5S. The number of nitrogens with two attached hydrogens (primary N) is 2. The van der Waals surface area contributed by atoms with Crippen molar-refractivity contribution in [2.24, 2.45) is 0 Å². The van der Waals surface area contributed by atoms with Gasteiger partial charge < -0.3 is 11.5 Å². The number of aromatic nitrogens is 3. The van der Waals surface area contributed by atoms with Crippen molar-refractivity contribution >= 4 is 23.7 Å². The van der Waals surface area contributed by atoms with Gasteiger partial charge >= 0.3 is 0 Å². The second-order valence-electron chi connectivity index (χ2n) is 4.39. The molecule has 0 saturated carbocycles. The summed E-state index contributed by atoms with van der Waals surface area (Å²) in [6.07, 6.45) is 0. The molecule has 2 rings (SSSR count). The maximum atomic E-state index is 5.53. The van der Waals surface area contributed by atoms with Gasteiger partial charge in [-0.05, 0) is 25.0 Å². The first-order chi connectivity index (χ1) is 9.04. The summed E-state index contributed by atoms with van der Waals surface area (Å²) in [6, 6.07) is 6.47. The van der Waals surface area contributed by atoms with Crippen molar-refractivity contribution in [1.82, 2.24) is 15.0 Å². The smallest absolute Gasteiger partial charge is 0.225 e. The van der Waals surface area contributed by atoms with E-state index >= 15 is 0 Å². The molecule has 0 amide bonds. The summed E-state index contributed by atoms with van der Waals surface area (Å²) in [5.74, 6) is 2.56. The van der Waals surface area contributed by atoms with Crippen LogP contribution in [0.15, 0.2) is 18.2 Å². The second-order valence-corrected chi connectivity index (χ2v) is 5.38. The van der Waals surface area contributed by atoms with E-state index < -0.39 is 0 Å². The minimum atomic E-state index is 0.176. The Morgan fingerprint density at radius 3 is 2.37 bits per heavy atom. The Morgan fingerprint density at radius 1 is 1.00 bits per heavy atom. The summed E-state index contributed by atoms with van der Waals surface area (Å²) in [7, 11) is 0. The molecule has 0 bridgehead atoms. The molecule has 0 unspecified atom stereocenters. The molecule has 1 heterocycles. The molecule has 0 spiro atoms. The standard InChI is InChI=1S/C13H17N5S/c1-8-3-4-9(2)10(5-8)6-19-7-11-16-12(14)18-13(15)17-11/h3-5H,6-7H2,1-2H3,(H4,14,15,16,17,18). The maximum Gasteiger partial charge on any atom is 0.225 e. The Morgan fingerprint density at radius 2 is 1.68 bits per heavy atom. The van der Waals surface area contributed by atoms with E-state index in [0.717, 1.165) is 5.75 Å². The summed E-state index contributed by atoms with van der Waals surface area (Å²) in [4.78, 5) is 11.9. The number of thioether (sulfide) groups is 1. The van der Waals surface area contributed by atoms with Crippen LogP contribution < -0.4 is 11.5 Å². The average molecular weight is 275 g/mol. The Kier molecular flexibility index (Phi) is 4.21. The van der Waals surface area contributed by atoms with E-state index in [4.69, 9.17) is 11.5 Å². The van der Waals surface area contributed by atoms with Crippen molar-refractivity contribution in [3.63, 3.8) is 0 Å². The van der Waals surface area contributed by atoms with Crippen molar-refractivity contribution in [3.8, 4) is 0 Å². The fourth-order valence-electron chi connectivity index (χ4n) is 1.73. The Balaban J connectivity index is 1.98. The third-order valence-electron chi connectivity index (χ3n) is 2.71. The van der Waals surface area contributed by atoms with Gasteiger partial charge in [-0.1, -0.05) is 23.8 Å². The highest BCUT2D eigenvalue weighted by Gasteiger charge is 2.04. The second kappa shape index (κ2) is 5.88. The normalized spacial score (nSPS) is 10.6. The van der Waals surface area contributed by atoms with Crippen molar-refractivity contribution in [2.45, 2.75) is 25.4 Å². The van der Waals surface area contributed by atoms with E-state index in [9.17, 15) is 0 Å². The molecule has 6 heteroatoms. The highest BCUT2D eigenvalue weighted by Crippen LogP contribution is 2.20. The quantitative estimate of drug-likeness (QED) is 0.887. The zero-order chi connectivity index (χ0) is 13.8. The summed E-state index contributed by atoms with van der Waals surface area (Å²) >= 11 is 1.74.